The van der Waals surface area contributed by atoms with Crippen LogP contribution < -0.4 is 11.1 Å². The summed E-state index contributed by atoms with van der Waals surface area (Å²) in [5.74, 6) is -1.20. The van der Waals surface area contributed by atoms with Crippen LogP contribution in [0.4, 0.5) is 5.69 Å². The predicted molar refractivity (Wildman–Crippen MR) is 69.6 cm³/mol. The fourth-order valence-electron chi connectivity index (χ4n) is 1.55. The number of anilines is 1. The molecule has 1 unspecified atom stereocenters. The average Bonchev–Trinajstić information content (AvgIpc) is 2.30. The van der Waals surface area contributed by atoms with Crippen LogP contribution in [0, 0.1) is 12.8 Å². The number of carboxylic acids is 1. The molecule has 98 valence electrons. The standard InChI is InChI=1S/C13H18N2O3/c1-8-3-4-11(10(5-8)13(17)18)15-12(16)6-9(2)7-14/h3-5,9H,6-7,14H2,1-2H3,(H,15,16)(H,17,18). The third-order valence-corrected chi connectivity index (χ3v) is 2.62. The minimum atomic E-state index is -1.05. The van der Waals surface area contributed by atoms with Crippen molar-refractivity contribution in [3.05, 3.63) is 29.3 Å². The topological polar surface area (TPSA) is 92.4 Å². The first-order valence-electron chi connectivity index (χ1n) is 5.78. The smallest absolute Gasteiger partial charge is 0.337 e. The molecule has 1 aromatic rings. The van der Waals surface area contributed by atoms with Gasteiger partial charge in [-0.05, 0) is 31.5 Å². The first-order valence-corrected chi connectivity index (χ1v) is 5.78. The molecule has 0 aromatic heterocycles. The van der Waals surface area contributed by atoms with Crippen LogP contribution in [-0.4, -0.2) is 23.5 Å². The number of carboxylic acid groups (broad SMARTS) is 1. The number of aryl methyl sites for hydroxylation is 1. The Kier molecular flexibility index (Phi) is 4.85. The molecule has 0 fully saturated rings. The lowest BCUT2D eigenvalue weighted by Crippen LogP contribution is -2.21. The molecule has 0 saturated carbocycles. The Morgan fingerprint density at radius 3 is 2.67 bits per heavy atom. The Balaban J connectivity index is 2.84. The van der Waals surface area contributed by atoms with Gasteiger partial charge in [0, 0.05) is 6.42 Å². The average molecular weight is 250 g/mol. The molecule has 4 N–H and O–H groups in total. The largest absolute Gasteiger partial charge is 0.478 e. The van der Waals surface area contributed by atoms with E-state index in [1.807, 2.05) is 6.92 Å². The highest BCUT2D eigenvalue weighted by molar-refractivity contribution is 6.00. The SMILES string of the molecule is Cc1ccc(NC(=O)CC(C)CN)c(C(=O)O)c1. The predicted octanol–water partition coefficient (Wildman–Crippen LogP) is 1.62. The Bertz CT molecular complexity index is 458. The van der Waals surface area contributed by atoms with E-state index in [1.165, 1.54) is 6.07 Å². The van der Waals surface area contributed by atoms with Gasteiger partial charge < -0.3 is 16.2 Å². The third-order valence-electron chi connectivity index (χ3n) is 2.62. The van der Waals surface area contributed by atoms with Crippen molar-refractivity contribution in [3.63, 3.8) is 0 Å². The zero-order valence-corrected chi connectivity index (χ0v) is 10.6. The molecule has 1 amide bonds. The maximum Gasteiger partial charge on any atom is 0.337 e. The zero-order chi connectivity index (χ0) is 13.7. The molecular weight excluding hydrogens is 232 g/mol. The van der Waals surface area contributed by atoms with E-state index in [-0.39, 0.29) is 23.8 Å². The summed E-state index contributed by atoms with van der Waals surface area (Å²) >= 11 is 0. The van der Waals surface area contributed by atoms with Crippen LogP contribution in [0.2, 0.25) is 0 Å². The van der Waals surface area contributed by atoms with E-state index in [2.05, 4.69) is 5.32 Å². The van der Waals surface area contributed by atoms with Crippen molar-refractivity contribution in [3.8, 4) is 0 Å². The molecule has 0 radical (unpaired) electrons. The van der Waals surface area contributed by atoms with Crippen LogP contribution in [0.25, 0.3) is 0 Å². The molecule has 1 rings (SSSR count). The summed E-state index contributed by atoms with van der Waals surface area (Å²) in [4.78, 5) is 22.7. The maximum atomic E-state index is 11.7. The first kappa shape index (κ1) is 14.2. The molecule has 0 aliphatic heterocycles. The van der Waals surface area contributed by atoms with Gasteiger partial charge in [-0.3, -0.25) is 4.79 Å². The Hall–Kier alpha value is -1.88. The molecule has 1 atom stereocenters. The summed E-state index contributed by atoms with van der Waals surface area (Å²) in [5, 5.41) is 11.7. The van der Waals surface area contributed by atoms with Crippen LogP contribution >= 0.6 is 0 Å². The second-order valence-electron chi connectivity index (χ2n) is 4.45. The van der Waals surface area contributed by atoms with E-state index in [9.17, 15) is 9.59 Å². The van der Waals surface area contributed by atoms with Gasteiger partial charge in [0.25, 0.3) is 0 Å². The third kappa shape index (κ3) is 3.85. The van der Waals surface area contributed by atoms with Crippen molar-refractivity contribution in [2.75, 3.05) is 11.9 Å². The quantitative estimate of drug-likeness (QED) is 0.740. The van der Waals surface area contributed by atoms with E-state index in [0.29, 0.717) is 12.2 Å². The lowest BCUT2D eigenvalue weighted by Gasteiger charge is -2.11. The van der Waals surface area contributed by atoms with Gasteiger partial charge in [0.1, 0.15) is 0 Å². The summed E-state index contributed by atoms with van der Waals surface area (Å²) in [7, 11) is 0. The van der Waals surface area contributed by atoms with E-state index in [1.54, 1.807) is 19.1 Å². The number of nitrogens with two attached hydrogens (primary N) is 1. The molecule has 0 aliphatic rings. The summed E-state index contributed by atoms with van der Waals surface area (Å²) in [6.45, 7) is 4.09. The summed E-state index contributed by atoms with van der Waals surface area (Å²) in [5.41, 5.74) is 6.69. The van der Waals surface area contributed by atoms with Gasteiger partial charge in [0.05, 0.1) is 11.3 Å². The normalized spacial score (nSPS) is 11.9. The molecule has 5 nitrogen and oxygen atoms in total. The van der Waals surface area contributed by atoms with Gasteiger partial charge >= 0.3 is 5.97 Å². The number of amides is 1. The number of aromatic carboxylic acids is 1. The maximum absolute atomic E-state index is 11.7. The fourth-order valence-corrected chi connectivity index (χ4v) is 1.55. The molecule has 18 heavy (non-hydrogen) atoms. The molecule has 0 heterocycles. The van der Waals surface area contributed by atoms with E-state index >= 15 is 0 Å². The number of hydrogen-bond donors (Lipinski definition) is 3. The monoisotopic (exact) mass is 250 g/mol. The second kappa shape index (κ2) is 6.16. The van der Waals surface area contributed by atoms with Crippen LogP contribution in [-0.2, 0) is 4.79 Å². The Morgan fingerprint density at radius 2 is 2.11 bits per heavy atom. The molecule has 0 aliphatic carbocycles. The van der Waals surface area contributed by atoms with Crippen LogP contribution in [0.15, 0.2) is 18.2 Å². The molecular formula is C13H18N2O3. The highest BCUT2D eigenvalue weighted by Crippen LogP contribution is 2.18. The van der Waals surface area contributed by atoms with Gasteiger partial charge in [-0.2, -0.15) is 0 Å². The minimum absolute atomic E-state index is 0.0729. The van der Waals surface area contributed by atoms with E-state index in [0.717, 1.165) is 5.56 Å². The van der Waals surface area contributed by atoms with Crippen molar-refractivity contribution in [2.45, 2.75) is 20.3 Å². The molecule has 0 spiro atoms. The van der Waals surface area contributed by atoms with Gasteiger partial charge in [-0.1, -0.05) is 18.6 Å². The summed E-state index contributed by atoms with van der Waals surface area (Å²) < 4.78 is 0. The zero-order valence-electron chi connectivity index (χ0n) is 10.6. The fraction of sp³-hybridized carbons (Fsp3) is 0.385. The number of nitrogens with one attached hydrogen (secondary N) is 1. The minimum Gasteiger partial charge on any atom is -0.478 e. The van der Waals surface area contributed by atoms with Crippen LogP contribution in [0.1, 0.15) is 29.3 Å². The van der Waals surface area contributed by atoms with Crippen molar-refractivity contribution >= 4 is 17.6 Å². The second-order valence-corrected chi connectivity index (χ2v) is 4.45. The molecule has 0 saturated heterocycles. The van der Waals surface area contributed by atoms with Crippen LogP contribution in [0.5, 0.6) is 0 Å². The number of carbonyl (C=O) groups is 2. The number of carbonyl (C=O) groups excluding carboxylic acids is 1. The van der Waals surface area contributed by atoms with Crippen molar-refractivity contribution in [1.82, 2.24) is 0 Å². The van der Waals surface area contributed by atoms with E-state index < -0.39 is 5.97 Å². The van der Waals surface area contributed by atoms with Gasteiger partial charge in [-0.15, -0.1) is 0 Å². The Morgan fingerprint density at radius 1 is 1.44 bits per heavy atom. The highest BCUT2D eigenvalue weighted by atomic mass is 16.4. The van der Waals surface area contributed by atoms with Crippen molar-refractivity contribution in [1.29, 1.82) is 0 Å². The van der Waals surface area contributed by atoms with Gasteiger partial charge in [-0.25, -0.2) is 4.79 Å². The van der Waals surface area contributed by atoms with Crippen molar-refractivity contribution in [2.24, 2.45) is 11.7 Å². The Labute approximate surface area is 106 Å². The number of rotatable bonds is 5. The van der Waals surface area contributed by atoms with E-state index in [4.69, 9.17) is 10.8 Å². The summed E-state index contributed by atoms with van der Waals surface area (Å²) in [6, 6.07) is 4.89. The lowest BCUT2D eigenvalue weighted by molar-refractivity contribution is -0.116. The molecule has 1 aromatic carbocycles. The molecule has 5 heteroatoms. The number of benzene rings is 1. The van der Waals surface area contributed by atoms with Gasteiger partial charge in [0.2, 0.25) is 5.91 Å². The highest BCUT2D eigenvalue weighted by Gasteiger charge is 2.14. The lowest BCUT2D eigenvalue weighted by atomic mass is 10.1. The summed E-state index contributed by atoms with van der Waals surface area (Å²) in [6.07, 6.45) is 0.281. The van der Waals surface area contributed by atoms with Crippen molar-refractivity contribution < 1.29 is 14.7 Å². The van der Waals surface area contributed by atoms with Gasteiger partial charge in [0.15, 0.2) is 0 Å². The first-order chi connectivity index (χ1) is 8.43. The number of hydrogen-bond acceptors (Lipinski definition) is 3. The van der Waals surface area contributed by atoms with Crippen LogP contribution in [0.3, 0.4) is 0 Å². The molecule has 0 bridgehead atoms.